The van der Waals surface area contributed by atoms with E-state index in [1.165, 1.54) is 18.2 Å². The molecule has 3 N–H and O–H groups in total. The van der Waals surface area contributed by atoms with Crippen molar-refractivity contribution in [2.75, 3.05) is 6.61 Å². The number of carbonyl (C=O) groups is 1. The van der Waals surface area contributed by atoms with Gasteiger partial charge in [0, 0.05) is 11.5 Å². The molecule has 1 heterocycles. The van der Waals surface area contributed by atoms with E-state index in [-0.39, 0.29) is 16.7 Å². The number of hydrogen-bond donors (Lipinski definition) is 3. The average molecular weight is 393 g/mol. The van der Waals surface area contributed by atoms with Gasteiger partial charge in [0.1, 0.15) is 18.1 Å². The molecule has 0 aliphatic heterocycles. The third kappa shape index (κ3) is 3.19. The molecule has 0 fully saturated rings. The van der Waals surface area contributed by atoms with Gasteiger partial charge in [0.2, 0.25) is 10.3 Å². The summed E-state index contributed by atoms with van der Waals surface area (Å²) >= 11 is 0.768. The minimum absolute atomic E-state index is 0.0810. The first-order chi connectivity index (χ1) is 13.6. The van der Waals surface area contributed by atoms with Crippen molar-refractivity contribution in [2.45, 2.75) is 5.16 Å². The maximum absolute atomic E-state index is 11.8. The van der Waals surface area contributed by atoms with Crippen LogP contribution < -0.4 is 0 Å². The molecule has 0 atom stereocenters. The number of aromatic nitrogens is 3. The predicted octanol–water partition coefficient (Wildman–Crippen LogP) is 3.11. The molecular weight excluding hydrogens is 378 g/mol. The van der Waals surface area contributed by atoms with Crippen LogP contribution in [0, 0.1) is 0 Å². The predicted molar refractivity (Wildman–Crippen MR) is 106 cm³/mol. The summed E-state index contributed by atoms with van der Waals surface area (Å²) in [5.41, 5.74) is 1.07. The summed E-state index contributed by atoms with van der Waals surface area (Å²) in [6, 6.07) is 17.6. The van der Waals surface area contributed by atoms with Crippen LogP contribution in [0.15, 0.2) is 65.8 Å². The minimum Gasteiger partial charge on any atom is -0.508 e. The van der Waals surface area contributed by atoms with Crippen molar-refractivity contribution in [3.05, 3.63) is 60.7 Å². The number of carbonyl (C=O) groups excluding carboxylic acids is 1. The zero-order valence-electron chi connectivity index (χ0n) is 14.5. The van der Waals surface area contributed by atoms with E-state index in [2.05, 4.69) is 10.2 Å². The fourth-order valence-corrected chi connectivity index (χ4v) is 3.60. The maximum atomic E-state index is 11.8. The lowest BCUT2D eigenvalue weighted by atomic mass is 10.1. The number of rotatable bonds is 4. The zero-order valence-corrected chi connectivity index (χ0v) is 15.3. The second-order valence-corrected chi connectivity index (χ2v) is 7.00. The summed E-state index contributed by atoms with van der Waals surface area (Å²) in [6.45, 7) is -0.632. The average Bonchev–Trinajstić information content (AvgIpc) is 3.10. The summed E-state index contributed by atoms with van der Waals surface area (Å²) < 4.78 is 1.66. The first-order valence-corrected chi connectivity index (χ1v) is 9.17. The Balaban J connectivity index is 2.00. The number of aliphatic hydroxyl groups is 1. The topological polar surface area (TPSA) is 108 Å². The highest BCUT2D eigenvalue weighted by atomic mass is 32.2. The summed E-state index contributed by atoms with van der Waals surface area (Å²) in [5.74, 6) is 0.0588. The molecule has 7 nitrogen and oxygen atoms in total. The molecule has 0 aliphatic rings. The molecular formula is C20H15N3O4S. The van der Waals surface area contributed by atoms with Crippen molar-refractivity contribution in [3.8, 4) is 28.6 Å². The van der Waals surface area contributed by atoms with Crippen molar-refractivity contribution >= 4 is 27.6 Å². The van der Waals surface area contributed by atoms with Gasteiger partial charge < -0.3 is 15.3 Å². The third-order valence-electron chi connectivity index (χ3n) is 4.20. The molecule has 0 aliphatic carbocycles. The molecule has 1 aromatic heterocycles. The van der Waals surface area contributed by atoms with Crippen LogP contribution in [0.3, 0.4) is 0 Å². The Morgan fingerprint density at radius 2 is 1.79 bits per heavy atom. The molecule has 0 spiro atoms. The van der Waals surface area contributed by atoms with E-state index in [0.29, 0.717) is 11.4 Å². The highest BCUT2D eigenvalue weighted by Crippen LogP contribution is 2.36. The molecule has 0 amide bonds. The fraction of sp³-hybridized carbons (Fsp3) is 0.0500. The molecule has 140 valence electrons. The highest BCUT2D eigenvalue weighted by molar-refractivity contribution is 8.13. The van der Waals surface area contributed by atoms with Crippen LogP contribution in [0.4, 0.5) is 0 Å². The molecule has 8 heteroatoms. The Morgan fingerprint density at radius 3 is 2.57 bits per heavy atom. The van der Waals surface area contributed by atoms with Crippen LogP contribution in [0.2, 0.25) is 0 Å². The summed E-state index contributed by atoms with van der Waals surface area (Å²) in [5, 5.41) is 39.0. The molecule has 0 saturated heterocycles. The number of hydrogen-bond acceptors (Lipinski definition) is 7. The van der Waals surface area contributed by atoms with Crippen LogP contribution in [-0.4, -0.2) is 41.8 Å². The van der Waals surface area contributed by atoms with E-state index < -0.39 is 11.7 Å². The number of nitrogens with zero attached hydrogens (tertiary/aromatic N) is 3. The number of aromatic hydroxyl groups is 2. The van der Waals surface area contributed by atoms with Gasteiger partial charge in [-0.15, -0.1) is 10.2 Å². The van der Waals surface area contributed by atoms with Crippen molar-refractivity contribution < 1.29 is 20.1 Å². The first kappa shape index (κ1) is 18.0. The molecule has 0 radical (unpaired) electrons. The van der Waals surface area contributed by atoms with Crippen molar-refractivity contribution in [2.24, 2.45) is 0 Å². The van der Waals surface area contributed by atoms with Crippen LogP contribution in [0.5, 0.6) is 11.5 Å². The third-order valence-corrected chi connectivity index (χ3v) is 5.00. The molecule has 4 aromatic rings. The van der Waals surface area contributed by atoms with Crippen LogP contribution in [-0.2, 0) is 4.79 Å². The van der Waals surface area contributed by atoms with Gasteiger partial charge in [-0.3, -0.25) is 9.36 Å². The van der Waals surface area contributed by atoms with E-state index in [0.717, 1.165) is 28.2 Å². The van der Waals surface area contributed by atoms with Gasteiger partial charge in [-0.1, -0.05) is 36.4 Å². The van der Waals surface area contributed by atoms with Crippen molar-refractivity contribution in [1.82, 2.24) is 14.8 Å². The summed E-state index contributed by atoms with van der Waals surface area (Å²) in [4.78, 5) is 11.8. The Hall–Kier alpha value is -3.36. The van der Waals surface area contributed by atoms with Gasteiger partial charge in [-0.05, 0) is 35.3 Å². The molecule has 3 aromatic carbocycles. The minimum atomic E-state index is -0.632. The smallest absolute Gasteiger partial charge is 0.222 e. The van der Waals surface area contributed by atoms with E-state index >= 15 is 0 Å². The van der Waals surface area contributed by atoms with Crippen molar-refractivity contribution in [1.29, 1.82) is 0 Å². The molecule has 28 heavy (non-hydrogen) atoms. The van der Waals surface area contributed by atoms with Gasteiger partial charge in [0.05, 0.1) is 11.3 Å². The lowest BCUT2D eigenvalue weighted by Gasteiger charge is -2.13. The van der Waals surface area contributed by atoms with E-state index in [1.807, 2.05) is 42.5 Å². The van der Waals surface area contributed by atoms with Gasteiger partial charge in [-0.25, -0.2) is 0 Å². The van der Waals surface area contributed by atoms with Gasteiger partial charge in [-0.2, -0.15) is 0 Å². The Bertz CT molecular complexity index is 1180. The first-order valence-electron chi connectivity index (χ1n) is 8.36. The number of fused-ring (bicyclic) bond motifs is 1. The van der Waals surface area contributed by atoms with Crippen LogP contribution >= 0.6 is 11.8 Å². The molecule has 0 unspecified atom stereocenters. The quantitative estimate of drug-likeness (QED) is 0.457. The van der Waals surface area contributed by atoms with E-state index in [4.69, 9.17) is 5.11 Å². The fourth-order valence-electron chi connectivity index (χ4n) is 2.97. The second kappa shape index (κ2) is 7.34. The maximum Gasteiger partial charge on any atom is 0.222 e. The van der Waals surface area contributed by atoms with Crippen LogP contribution in [0.1, 0.15) is 0 Å². The second-order valence-electron chi connectivity index (χ2n) is 5.97. The normalized spacial score (nSPS) is 11.0. The van der Waals surface area contributed by atoms with Crippen LogP contribution in [0.25, 0.3) is 27.8 Å². The van der Waals surface area contributed by atoms with Gasteiger partial charge >= 0.3 is 0 Å². The lowest BCUT2D eigenvalue weighted by Crippen LogP contribution is -2.04. The number of phenols is 2. The number of aliphatic hydroxyl groups excluding tert-OH is 1. The Labute approximate surface area is 163 Å². The Kier molecular flexibility index (Phi) is 4.72. The number of phenolic OH excluding ortho intramolecular Hbond substituents is 2. The monoisotopic (exact) mass is 393 g/mol. The largest absolute Gasteiger partial charge is 0.508 e. The zero-order chi connectivity index (χ0) is 19.7. The van der Waals surface area contributed by atoms with Gasteiger partial charge in [0.25, 0.3) is 0 Å². The summed E-state index contributed by atoms with van der Waals surface area (Å²) in [7, 11) is 0. The van der Waals surface area contributed by atoms with E-state index in [1.54, 1.807) is 4.57 Å². The highest BCUT2D eigenvalue weighted by Gasteiger charge is 2.22. The van der Waals surface area contributed by atoms with E-state index in [9.17, 15) is 15.0 Å². The van der Waals surface area contributed by atoms with Crippen molar-refractivity contribution in [3.63, 3.8) is 0 Å². The summed E-state index contributed by atoms with van der Waals surface area (Å²) in [6.07, 6.45) is 0. The molecule has 0 saturated carbocycles. The SMILES string of the molecule is O=C(CO)Sc1nnc(-c2ccc(O)cc2O)n1-c1cccc2ccccc12. The standard InChI is InChI=1S/C20H15N3O4S/c24-11-18(27)28-20-22-21-19(15-9-8-13(25)10-17(15)26)23(20)16-7-3-5-12-4-1-2-6-14(12)16/h1-10,24-26H,11H2. The molecule has 0 bridgehead atoms. The lowest BCUT2D eigenvalue weighted by molar-refractivity contribution is -0.113. The molecule has 4 rings (SSSR count). The number of thioether (sulfide) groups is 1. The van der Waals surface area contributed by atoms with Gasteiger partial charge in [0.15, 0.2) is 5.82 Å². The Morgan fingerprint density at radius 1 is 1.00 bits per heavy atom. The number of benzene rings is 3.